The van der Waals surface area contributed by atoms with E-state index < -0.39 is 0 Å². The first kappa shape index (κ1) is 11.4. The third-order valence-corrected chi connectivity index (χ3v) is 2.90. The predicted octanol–water partition coefficient (Wildman–Crippen LogP) is 4.01. The summed E-state index contributed by atoms with van der Waals surface area (Å²) in [5.41, 5.74) is 2.84. The average molecular weight is 253 g/mol. The van der Waals surface area contributed by atoms with Crippen LogP contribution in [0.5, 0.6) is 0 Å². The van der Waals surface area contributed by atoms with Crippen molar-refractivity contribution < 1.29 is 0 Å². The molecule has 2 aromatic rings. The molecule has 4 heteroatoms. The van der Waals surface area contributed by atoms with Gasteiger partial charge < -0.3 is 0 Å². The highest BCUT2D eigenvalue weighted by Crippen LogP contribution is 2.30. The van der Waals surface area contributed by atoms with Gasteiger partial charge in [-0.25, -0.2) is 9.97 Å². The van der Waals surface area contributed by atoms with Crippen LogP contribution in [-0.2, 0) is 6.42 Å². The van der Waals surface area contributed by atoms with Crippen molar-refractivity contribution in [3.63, 3.8) is 0 Å². The first-order valence-corrected chi connectivity index (χ1v) is 5.72. The van der Waals surface area contributed by atoms with Gasteiger partial charge in [-0.1, -0.05) is 30.1 Å². The Balaban J connectivity index is 2.58. The first-order valence-electron chi connectivity index (χ1n) is 4.96. The Labute approximate surface area is 104 Å². The number of aryl methyl sites for hydroxylation is 1. The van der Waals surface area contributed by atoms with Crippen molar-refractivity contribution in [2.75, 3.05) is 0 Å². The molecule has 0 unspecified atom stereocenters. The number of halogens is 2. The number of hydrogen-bond acceptors (Lipinski definition) is 2. The number of rotatable bonds is 2. The van der Waals surface area contributed by atoms with Crippen LogP contribution in [0.3, 0.4) is 0 Å². The van der Waals surface area contributed by atoms with Gasteiger partial charge in [-0.3, -0.25) is 0 Å². The van der Waals surface area contributed by atoms with E-state index in [1.807, 2.05) is 18.3 Å². The standard InChI is InChI=1S/C12H10Cl2N2/c1-2-8-6-15-7-16-12(8)10-4-3-9(13)5-11(10)14/h3-7H,2H2,1H3. The van der Waals surface area contributed by atoms with Crippen molar-refractivity contribution >= 4 is 23.2 Å². The van der Waals surface area contributed by atoms with Crippen molar-refractivity contribution in [3.8, 4) is 11.3 Å². The summed E-state index contributed by atoms with van der Waals surface area (Å²) >= 11 is 12.0. The van der Waals surface area contributed by atoms with E-state index in [0.29, 0.717) is 10.0 Å². The fourth-order valence-electron chi connectivity index (χ4n) is 1.54. The van der Waals surface area contributed by atoms with Gasteiger partial charge in [0.25, 0.3) is 0 Å². The molecule has 2 rings (SSSR count). The second-order valence-corrected chi connectivity index (χ2v) is 4.22. The van der Waals surface area contributed by atoms with Gasteiger partial charge in [-0.15, -0.1) is 0 Å². The molecule has 0 spiro atoms. The molecule has 0 aliphatic heterocycles. The first-order chi connectivity index (χ1) is 7.72. The highest BCUT2D eigenvalue weighted by atomic mass is 35.5. The molecule has 2 nitrogen and oxygen atoms in total. The zero-order valence-corrected chi connectivity index (χ0v) is 10.3. The van der Waals surface area contributed by atoms with Crippen LogP contribution in [0.2, 0.25) is 10.0 Å². The van der Waals surface area contributed by atoms with Crippen LogP contribution in [0.15, 0.2) is 30.7 Å². The summed E-state index contributed by atoms with van der Waals surface area (Å²) in [6.07, 6.45) is 4.21. The third-order valence-electron chi connectivity index (χ3n) is 2.36. The lowest BCUT2D eigenvalue weighted by Gasteiger charge is -2.07. The summed E-state index contributed by atoms with van der Waals surface area (Å²) < 4.78 is 0. The minimum Gasteiger partial charge on any atom is -0.244 e. The minimum absolute atomic E-state index is 0.612. The lowest BCUT2D eigenvalue weighted by molar-refractivity contribution is 1.05. The molecule has 0 saturated carbocycles. The quantitative estimate of drug-likeness (QED) is 0.807. The molecular formula is C12H10Cl2N2. The third kappa shape index (κ3) is 2.18. The fourth-order valence-corrected chi connectivity index (χ4v) is 2.04. The second-order valence-electron chi connectivity index (χ2n) is 3.37. The molecule has 0 N–H and O–H groups in total. The Morgan fingerprint density at radius 2 is 2.06 bits per heavy atom. The maximum absolute atomic E-state index is 6.15. The summed E-state index contributed by atoms with van der Waals surface area (Å²) in [5, 5.41) is 1.24. The maximum atomic E-state index is 6.15. The Morgan fingerprint density at radius 1 is 1.25 bits per heavy atom. The number of benzene rings is 1. The highest BCUT2D eigenvalue weighted by molar-refractivity contribution is 6.36. The molecule has 16 heavy (non-hydrogen) atoms. The van der Waals surface area contributed by atoms with E-state index in [1.54, 1.807) is 6.07 Å². The van der Waals surface area contributed by atoms with Crippen molar-refractivity contribution in [1.29, 1.82) is 0 Å². The van der Waals surface area contributed by atoms with Crippen molar-refractivity contribution in [3.05, 3.63) is 46.3 Å². The topological polar surface area (TPSA) is 25.8 Å². The number of aromatic nitrogens is 2. The molecule has 1 aromatic heterocycles. The lowest BCUT2D eigenvalue weighted by Crippen LogP contribution is -1.93. The van der Waals surface area contributed by atoms with Crippen LogP contribution in [0, 0.1) is 0 Å². The van der Waals surface area contributed by atoms with Crippen molar-refractivity contribution in [2.45, 2.75) is 13.3 Å². The van der Waals surface area contributed by atoms with Gasteiger partial charge >= 0.3 is 0 Å². The van der Waals surface area contributed by atoms with Crippen molar-refractivity contribution in [1.82, 2.24) is 9.97 Å². The summed E-state index contributed by atoms with van der Waals surface area (Å²) in [7, 11) is 0. The monoisotopic (exact) mass is 252 g/mol. The van der Waals surface area contributed by atoms with Gasteiger partial charge in [-0.05, 0) is 30.2 Å². The number of nitrogens with zero attached hydrogens (tertiary/aromatic N) is 2. The maximum Gasteiger partial charge on any atom is 0.116 e. The lowest BCUT2D eigenvalue weighted by atomic mass is 10.1. The Hall–Kier alpha value is -1.12. The second kappa shape index (κ2) is 4.81. The zero-order valence-electron chi connectivity index (χ0n) is 8.74. The van der Waals surface area contributed by atoms with Gasteiger partial charge in [-0.2, -0.15) is 0 Å². The van der Waals surface area contributed by atoms with E-state index in [-0.39, 0.29) is 0 Å². The normalized spacial score (nSPS) is 10.4. The molecule has 0 bridgehead atoms. The Bertz CT molecular complexity index is 512. The van der Waals surface area contributed by atoms with E-state index >= 15 is 0 Å². The fraction of sp³-hybridized carbons (Fsp3) is 0.167. The molecule has 1 aromatic carbocycles. The van der Waals surface area contributed by atoms with Crippen LogP contribution >= 0.6 is 23.2 Å². The van der Waals surface area contributed by atoms with E-state index in [9.17, 15) is 0 Å². The molecule has 0 aliphatic carbocycles. The predicted molar refractivity (Wildman–Crippen MR) is 66.9 cm³/mol. The van der Waals surface area contributed by atoms with Gasteiger partial charge in [0.1, 0.15) is 6.33 Å². The summed E-state index contributed by atoms with van der Waals surface area (Å²) in [6, 6.07) is 5.41. The van der Waals surface area contributed by atoms with E-state index in [0.717, 1.165) is 23.2 Å². The SMILES string of the molecule is CCc1cncnc1-c1ccc(Cl)cc1Cl. The van der Waals surface area contributed by atoms with E-state index in [1.165, 1.54) is 6.33 Å². The van der Waals surface area contributed by atoms with Crippen LogP contribution in [0.4, 0.5) is 0 Å². The molecule has 0 amide bonds. The van der Waals surface area contributed by atoms with Gasteiger partial charge in [0, 0.05) is 16.8 Å². The smallest absolute Gasteiger partial charge is 0.116 e. The summed E-state index contributed by atoms with van der Waals surface area (Å²) in [5.74, 6) is 0. The van der Waals surface area contributed by atoms with Crippen LogP contribution in [0.1, 0.15) is 12.5 Å². The van der Waals surface area contributed by atoms with E-state index in [2.05, 4.69) is 16.9 Å². The minimum atomic E-state index is 0.612. The van der Waals surface area contributed by atoms with Crippen LogP contribution in [-0.4, -0.2) is 9.97 Å². The van der Waals surface area contributed by atoms with Crippen molar-refractivity contribution in [2.24, 2.45) is 0 Å². The highest BCUT2D eigenvalue weighted by Gasteiger charge is 2.09. The molecule has 0 atom stereocenters. The molecule has 1 heterocycles. The number of hydrogen-bond donors (Lipinski definition) is 0. The van der Waals surface area contributed by atoms with Gasteiger partial charge in [0.2, 0.25) is 0 Å². The Kier molecular flexibility index (Phi) is 3.42. The summed E-state index contributed by atoms with van der Waals surface area (Å²) in [4.78, 5) is 8.28. The largest absolute Gasteiger partial charge is 0.244 e. The van der Waals surface area contributed by atoms with Gasteiger partial charge in [0.15, 0.2) is 0 Å². The molecular weight excluding hydrogens is 243 g/mol. The molecule has 0 saturated heterocycles. The molecule has 0 radical (unpaired) electrons. The zero-order chi connectivity index (χ0) is 11.5. The molecule has 0 fully saturated rings. The molecule has 82 valence electrons. The van der Waals surface area contributed by atoms with Crippen LogP contribution < -0.4 is 0 Å². The Morgan fingerprint density at radius 3 is 2.75 bits per heavy atom. The van der Waals surface area contributed by atoms with Crippen LogP contribution in [0.25, 0.3) is 11.3 Å². The summed E-state index contributed by atoms with van der Waals surface area (Å²) in [6.45, 7) is 2.06. The average Bonchev–Trinajstić information content (AvgIpc) is 2.29. The molecule has 0 aliphatic rings. The van der Waals surface area contributed by atoms with E-state index in [4.69, 9.17) is 23.2 Å². The van der Waals surface area contributed by atoms with Gasteiger partial charge in [0.05, 0.1) is 10.7 Å².